The van der Waals surface area contributed by atoms with Gasteiger partial charge in [0, 0.05) is 30.4 Å². The summed E-state index contributed by atoms with van der Waals surface area (Å²) in [7, 11) is 0. The van der Waals surface area contributed by atoms with Gasteiger partial charge in [0.1, 0.15) is 0 Å². The molecule has 0 radical (unpaired) electrons. The van der Waals surface area contributed by atoms with Gasteiger partial charge in [0.2, 0.25) is 0 Å². The molecule has 6 heteroatoms. The number of hydrogen-bond donors (Lipinski definition) is 2. The van der Waals surface area contributed by atoms with Crippen molar-refractivity contribution in [2.75, 3.05) is 31.5 Å². The van der Waals surface area contributed by atoms with Gasteiger partial charge in [-0.3, -0.25) is 9.78 Å². The average molecular weight is 397 g/mol. The van der Waals surface area contributed by atoms with Crippen molar-refractivity contribution < 1.29 is 4.79 Å². The van der Waals surface area contributed by atoms with E-state index in [-0.39, 0.29) is 5.91 Å². The average Bonchev–Trinajstić information content (AvgIpc) is 2.72. The van der Waals surface area contributed by atoms with Crippen LogP contribution in [0.3, 0.4) is 0 Å². The minimum absolute atomic E-state index is 0.0911. The fraction of sp³-hybridized carbons (Fsp3) is 0.273. The Morgan fingerprint density at radius 1 is 1.04 bits per heavy atom. The molecule has 0 saturated heterocycles. The SMILES string of the molecule is CCN(CC)CCNC(=O)c1ccccc1Nc1ccnc2c(Cl)cccc12. The maximum Gasteiger partial charge on any atom is 0.253 e. The van der Waals surface area contributed by atoms with Crippen molar-refractivity contribution in [3.05, 3.63) is 65.3 Å². The van der Waals surface area contributed by atoms with Crippen molar-refractivity contribution in [1.82, 2.24) is 15.2 Å². The number of nitrogens with one attached hydrogen (secondary N) is 2. The number of halogens is 1. The maximum atomic E-state index is 12.7. The number of hydrogen-bond acceptors (Lipinski definition) is 4. The van der Waals surface area contributed by atoms with Crippen LogP contribution >= 0.6 is 11.6 Å². The van der Waals surface area contributed by atoms with Crippen molar-refractivity contribution in [2.24, 2.45) is 0 Å². The van der Waals surface area contributed by atoms with Crippen LogP contribution in [0, 0.1) is 0 Å². The summed E-state index contributed by atoms with van der Waals surface area (Å²) >= 11 is 6.26. The number of likely N-dealkylation sites (N-methyl/N-ethyl adjacent to an activating group) is 1. The summed E-state index contributed by atoms with van der Waals surface area (Å²) in [6, 6.07) is 15.1. The topological polar surface area (TPSA) is 57.3 Å². The first-order valence-electron chi connectivity index (χ1n) is 9.53. The fourth-order valence-corrected chi connectivity index (χ4v) is 3.37. The molecule has 0 saturated carbocycles. The standard InChI is InChI=1S/C22H25ClN4O/c1-3-27(4-2)15-14-25-22(28)17-8-5-6-11-19(17)26-20-12-13-24-21-16(20)9-7-10-18(21)23/h5-13H,3-4,14-15H2,1-2H3,(H,24,26)(H,25,28). The Labute approximate surface area is 170 Å². The summed E-state index contributed by atoms with van der Waals surface area (Å²) in [5.41, 5.74) is 2.94. The van der Waals surface area contributed by atoms with Crippen molar-refractivity contribution in [1.29, 1.82) is 0 Å². The van der Waals surface area contributed by atoms with Gasteiger partial charge in [-0.05, 0) is 37.4 Å². The van der Waals surface area contributed by atoms with Crippen molar-refractivity contribution in [3.8, 4) is 0 Å². The van der Waals surface area contributed by atoms with Gasteiger partial charge in [0.15, 0.2) is 0 Å². The molecule has 0 aliphatic carbocycles. The molecule has 5 nitrogen and oxygen atoms in total. The third kappa shape index (κ3) is 4.61. The molecule has 2 aromatic carbocycles. The lowest BCUT2D eigenvalue weighted by atomic mass is 10.1. The number of pyridine rings is 1. The molecule has 0 spiro atoms. The van der Waals surface area contributed by atoms with Gasteiger partial charge in [-0.1, -0.05) is 49.7 Å². The van der Waals surface area contributed by atoms with Gasteiger partial charge in [-0.2, -0.15) is 0 Å². The van der Waals surface area contributed by atoms with Gasteiger partial charge >= 0.3 is 0 Å². The Balaban J connectivity index is 1.80. The number of amides is 1. The largest absolute Gasteiger partial charge is 0.354 e. The van der Waals surface area contributed by atoms with Gasteiger partial charge in [0.05, 0.1) is 21.8 Å². The van der Waals surface area contributed by atoms with E-state index in [9.17, 15) is 4.79 Å². The van der Waals surface area contributed by atoms with Crippen LogP contribution in [0.4, 0.5) is 11.4 Å². The Morgan fingerprint density at radius 2 is 1.82 bits per heavy atom. The summed E-state index contributed by atoms with van der Waals surface area (Å²) in [4.78, 5) is 19.4. The molecule has 0 bridgehead atoms. The van der Waals surface area contributed by atoms with Gasteiger partial charge in [0.25, 0.3) is 5.91 Å². The second-order valence-corrected chi connectivity index (χ2v) is 6.86. The van der Waals surface area contributed by atoms with Crippen LogP contribution < -0.4 is 10.6 Å². The van der Waals surface area contributed by atoms with Crippen LogP contribution in [0.5, 0.6) is 0 Å². The first-order valence-corrected chi connectivity index (χ1v) is 9.91. The third-order valence-corrected chi connectivity index (χ3v) is 5.08. The van der Waals surface area contributed by atoms with Crippen LogP contribution in [-0.4, -0.2) is 42.0 Å². The number of para-hydroxylation sites is 2. The molecular weight excluding hydrogens is 372 g/mol. The lowest BCUT2D eigenvalue weighted by Crippen LogP contribution is -2.35. The number of carbonyl (C=O) groups excluding carboxylic acids is 1. The number of carbonyl (C=O) groups is 1. The maximum absolute atomic E-state index is 12.7. The number of benzene rings is 2. The highest BCUT2D eigenvalue weighted by Gasteiger charge is 2.13. The monoisotopic (exact) mass is 396 g/mol. The van der Waals surface area contributed by atoms with Gasteiger partial charge in [-0.25, -0.2) is 0 Å². The van der Waals surface area contributed by atoms with E-state index in [1.807, 2.05) is 48.5 Å². The van der Waals surface area contributed by atoms with Crippen LogP contribution in [0.25, 0.3) is 10.9 Å². The molecule has 28 heavy (non-hydrogen) atoms. The summed E-state index contributed by atoms with van der Waals surface area (Å²) in [6.07, 6.45) is 1.71. The predicted molar refractivity (Wildman–Crippen MR) is 117 cm³/mol. The molecule has 1 heterocycles. The minimum atomic E-state index is -0.0911. The van der Waals surface area contributed by atoms with Crippen molar-refractivity contribution >= 4 is 39.8 Å². The van der Waals surface area contributed by atoms with Crippen molar-refractivity contribution in [2.45, 2.75) is 13.8 Å². The quantitative estimate of drug-likeness (QED) is 0.579. The highest BCUT2D eigenvalue weighted by Crippen LogP contribution is 2.30. The molecule has 3 rings (SSSR count). The molecule has 0 aliphatic rings. The highest BCUT2D eigenvalue weighted by atomic mass is 35.5. The smallest absolute Gasteiger partial charge is 0.253 e. The van der Waals surface area contributed by atoms with Gasteiger partial charge < -0.3 is 15.5 Å². The Hall–Kier alpha value is -2.63. The number of nitrogens with zero attached hydrogens (tertiary/aromatic N) is 2. The molecule has 0 fully saturated rings. The molecular formula is C22H25ClN4O. The van der Waals surface area contributed by atoms with Crippen LogP contribution in [-0.2, 0) is 0 Å². The first kappa shape index (κ1) is 20.1. The molecule has 0 aliphatic heterocycles. The Bertz CT molecular complexity index is 956. The van der Waals surface area contributed by atoms with Crippen LogP contribution in [0.2, 0.25) is 5.02 Å². The van der Waals surface area contributed by atoms with E-state index in [0.29, 0.717) is 17.1 Å². The molecule has 146 valence electrons. The minimum Gasteiger partial charge on any atom is -0.354 e. The lowest BCUT2D eigenvalue weighted by Gasteiger charge is -2.18. The van der Waals surface area contributed by atoms with Gasteiger partial charge in [-0.15, -0.1) is 0 Å². The number of rotatable bonds is 8. The lowest BCUT2D eigenvalue weighted by molar-refractivity contribution is 0.0950. The zero-order valence-corrected chi connectivity index (χ0v) is 17.0. The van der Waals surface area contributed by atoms with E-state index >= 15 is 0 Å². The Kier molecular flexibility index (Phi) is 6.85. The van der Waals surface area contributed by atoms with E-state index in [2.05, 4.69) is 34.4 Å². The summed E-state index contributed by atoms with van der Waals surface area (Å²) in [5, 5.41) is 7.90. The van der Waals surface area contributed by atoms with E-state index in [1.54, 1.807) is 6.20 Å². The second kappa shape index (κ2) is 9.53. The molecule has 0 atom stereocenters. The van der Waals surface area contributed by atoms with E-state index in [0.717, 1.165) is 41.9 Å². The molecule has 1 amide bonds. The van der Waals surface area contributed by atoms with Crippen LogP contribution in [0.15, 0.2) is 54.7 Å². The molecule has 1 aromatic heterocycles. The van der Waals surface area contributed by atoms with E-state index in [1.165, 1.54) is 0 Å². The molecule has 3 aromatic rings. The zero-order chi connectivity index (χ0) is 19.9. The first-order chi connectivity index (χ1) is 13.6. The number of fused-ring (bicyclic) bond motifs is 1. The second-order valence-electron chi connectivity index (χ2n) is 6.45. The normalized spacial score (nSPS) is 11.0. The van der Waals surface area contributed by atoms with E-state index in [4.69, 9.17) is 11.6 Å². The fourth-order valence-electron chi connectivity index (χ4n) is 3.15. The summed E-state index contributed by atoms with van der Waals surface area (Å²) in [6.45, 7) is 7.64. The van der Waals surface area contributed by atoms with E-state index < -0.39 is 0 Å². The third-order valence-electron chi connectivity index (χ3n) is 4.77. The summed E-state index contributed by atoms with van der Waals surface area (Å²) < 4.78 is 0. The predicted octanol–water partition coefficient (Wildman–Crippen LogP) is 4.70. The molecule has 2 N–H and O–H groups in total. The number of anilines is 2. The number of aromatic nitrogens is 1. The van der Waals surface area contributed by atoms with Crippen LogP contribution in [0.1, 0.15) is 24.2 Å². The molecule has 0 unspecified atom stereocenters. The Morgan fingerprint density at radius 3 is 2.61 bits per heavy atom. The zero-order valence-electron chi connectivity index (χ0n) is 16.2. The summed E-state index contributed by atoms with van der Waals surface area (Å²) in [5.74, 6) is -0.0911. The highest BCUT2D eigenvalue weighted by molar-refractivity contribution is 6.35. The van der Waals surface area contributed by atoms with Crippen molar-refractivity contribution in [3.63, 3.8) is 0 Å².